The predicted molar refractivity (Wildman–Crippen MR) is 79.0 cm³/mol. The number of nitrogens with zero attached hydrogens (tertiary/aromatic N) is 1. The molecule has 114 valence electrons. The Bertz CT molecular complexity index is 483. The first-order valence-corrected chi connectivity index (χ1v) is 7.57. The first-order chi connectivity index (χ1) is 10.2. The Balaban J connectivity index is 1.58. The third-order valence-electron chi connectivity index (χ3n) is 4.37. The molecule has 0 aromatic heterocycles. The minimum absolute atomic E-state index is 0.170. The van der Waals surface area contributed by atoms with Crippen molar-refractivity contribution in [2.75, 3.05) is 32.8 Å². The lowest BCUT2D eigenvalue weighted by atomic mass is 9.99. The van der Waals surface area contributed by atoms with Crippen LogP contribution in [-0.4, -0.2) is 48.8 Å². The lowest BCUT2D eigenvalue weighted by Crippen LogP contribution is -2.35. The molecule has 0 amide bonds. The number of ether oxygens (including phenoxy) is 1. The van der Waals surface area contributed by atoms with Crippen LogP contribution in [0.15, 0.2) is 24.3 Å². The Labute approximate surface area is 124 Å². The van der Waals surface area contributed by atoms with Gasteiger partial charge in [0.2, 0.25) is 0 Å². The molecule has 1 aromatic rings. The Morgan fingerprint density at radius 3 is 2.62 bits per heavy atom. The number of benzene rings is 1. The van der Waals surface area contributed by atoms with Gasteiger partial charge in [0.15, 0.2) is 0 Å². The summed E-state index contributed by atoms with van der Waals surface area (Å²) < 4.78 is 5.36. The zero-order valence-corrected chi connectivity index (χ0v) is 12.1. The van der Waals surface area contributed by atoms with Crippen LogP contribution in [0.3, 0.4) is 0 Å². The van der Waals surface area contributed by atoms with E-state index >= 15 is 0 Å². The van der Waals surface area contributed by atoms with Crippen molar-refractivity contribution in [3.05, 3.63) is 35.4 Å². The Morgan fingerprint density at radius 1 is 1.29 bits per heavy atom. The molecule has 0 aliphatic carbocycles. The largest absolute Gasteiger partial charge is 0.481 e. The summed E-state index contributed by atoms with van der Waals surface area (Å²) in [6, 6.07) is 8.72. The summed E-state index contributed by atoms with van der Waals surface area (Å²) in [5.41, 5.74) is 2.48. The molecular formula is C16H22N2O3. The maximum Gasteiger partial charge on any atom is 0.307 e. The summed E-state index contributed by atoms with van der Waals surface area (Å²) in [6.07, 6.45) is 0.679. The quantitative estimate of drug-likeness (QED) is 0.874. The van der Waals surface area contributed by atoms with Gasteiger partial charge < -0.3 is 15.2 Å². The lowest BCUT2D eigenvalue weighted by Gasteiger charge is -2.26. The van der Waals surface area contributed by atoms with Gasteiger partial charge in [-0.3, -0.25) is 9.69 Å². The van der Waals surface area contributed by atoms with Gasteiger partial charge in [0.25, 0.3) is 0 Å². The number of carbonyl (C=O) groups is 1. The lowest BCUT2D eigenvalue weighted by molar-refractivity contribution is -0.141. The molecule has 2 aliphatic heterocycles. The van der Waals surface area contributed by atoms with E-state index in [1.807, 2.05) is 0 Å². The van der Waals surface area contributed by atoms with Crippen molar-refractivity contribution in [2.24, 2.45) is 5.92 Å². The van der Waals surface area contributed by atoms with E-state index in [1.165, 1.54) is 11.1 Å². The van der Waals surface area contributed by atoms with Crippen LogP contribution in [0.25, 0.3) is 0 Å². The minimum Gasteiger partial charge on any atom is -0.481 e. The van der Waals surface area contributed by atoms with Crippen molar-refractivity contribution in [2.45, 2.75) is 19.0 Å². The van der Waals surface area contributed by atoms with Crippen LogP contribution in [0.5, 0.6) is 0 Å². The average Bonchev–Trinajstić information content (AvgIpc) is 2.99. The molecule has 2 aliphatic rings. The van der Waals surface area contributed by atoms with E-state index < -0.39 is 5.97 Å². The van der Waals surface area contributed by atoms with Gasteiger partial charge in [0, 0.05) is 32.2 Å². The van der Waals surface area contributed by atoms with Crippen molar-refractivity contribution in [1.82, 2.24) is 10.2 Å². The number of carboxylic acid groups (broad SMARTS) is 1. The van der Waals surface area contributed by atoms with Crippen LogP contribution >= 0.6 is 0 Å². The van der Waals surface area contributed by atoms with Crippen molar-refractivity contribution < 1.29 is 14.6 Å². The molecule has 2 unspecified atom stereocenters. The van der Waals surface area contributed by atoms with E-state index in [0.29, 0.717) is 13.0 Å². The van der Waals surface area contributed by atoms with E-state index in [0.717, 1.165) is 32.8 Å². The molecule has 2 saturated heterocycles. The average molecular weight is 290 g/mol. The molecule has 5 nitrogen and oxygen atoms in total. The van der Waals surface area contributed by atoms with Gasteiger partial charge in [-0.25, -0.2) is 0 Å². The number of hydrogen-bond donors (Lipinski definition) is 2. The normalized spacial score (nSPS) is 26.9. The number of morpholine rings is 1. The number of aliphatic carboxylic acids is 1. The second kappa shape index (κ2) is 6.56. The highest BCUT2D eigenvalue weighted by Gasteiger charge is 2.29. The van der Waals surface area contributed by atoms with E-state index in [9.17, 15) is 4.79 Å². The smallest absolute Gasteiger partial charge is 0.307 e. The maximum absolute atomic E-state index is 11.0. The summed E-state index contributed by atoms with van der Waals surface area (Å²) in [4.78, 5) is 13.4. The molecule has 0 spiro atoms. The molecule has 2 N–H and O–H groups in total. The molecule has 0 radical (unpaired) electrons. The Hall–Kier alpha value is -1.43. The van der Waals surface area contributed by atoms with Crippen LogP contribution < -0.4 is 5.32 Å². The van der Waals surface area contributed by atoms with Crippen molar-refractivity contribution in [3.63, 3.8) is 0 Å². The zero-order chi connectivity index (χ0) is 14.7. The highest BCUT2D eigenvalue weighted by Crippen LogP contribution is 2.27. The van der Waals surface area contributed by atoms with Crippen LogP contribution in [-0.2, 0) is 16.1 Å². The number of rotatable bonds is 4. The zero-order valence-electron chi connectivity index (χ0n) is 12.1. The standard InChI is InChI=1S/C16H22N2O3/c19-16(20)14-9-15(17-10-14)13-3-1-12(2-4-13)11-18-5-7-21-8-6-18/h1-4,14-15,17H,5-11H2,(H,19,20). The topological polar surface area (TPSA) is 61.8 Å². The molecule has 5 heteroatoms. The molecule has 0 saturated carbocycles. The van der Waals surface area contributed by atoms with Crippen LogP contribution in [0.4, 0.5) is 0 Å². The molecule has 2 atom stereocenters. The predicted octanol–water partition coefficient (Wildman–Crippen LogP) is 1.25. The van der Waals surface area contributed by atoms with Gasteiger partial charge in [0.1, 0.15) is 0 Å². The maximum atomic E-state index is 11.0. The van der Waals surface area contributed by atoms with Gasteiger partial charge in [0.05, 0.1) is 19.1 Å². The first kappa shape index (κ1) is 14.5. The third kappa shape index (κ3) is 3.61. The van der Waals surface area contributed by atoms with Crippen molar-refractivity contribution >= 4 is 5.97 Å². The van der Waals surface area contributed by atoms with Crippen molar-refractivity contribution in [3.8, 4) is 0 Å². The van der Waals surface area contributed by atoms with Crippen LogP contribution in [0.2, 0.25) is 0 Å². The minimum atomic E-state index is -0.700. The van der Waals surface area contributed by atoms with Gasteiger partial charge in [-0.05, 0) is 17.5 Å². The van der Waals surface area contributed by atoms with E-state index in [1.54, 1.807) is 0 Å². The van der Waals surface area contributed by atoms with Gasteiger partial charge in [-0.2, -0.15) is 0 Å². The third-order valence-corrected chi connectivity index (χ3v) is 4.37. The molecule has 2 fully saturated rings. The highest BCUT2D eigenvalue weighted by molar-refractivity contribution is 5.70. The summed E-state index contributed by atoms with van der Waals surface area (Å²) in [5.74, 6) is -0.961. The summed E-state index contributed by atoms with van der Waals surface area (Å²) in [6.45, 7) is 5.15. The van der Waals surface area contributed by atoms with Gasteiger partial charge in [-0.1, -0.05) is 24.3 Å². The second-order valence-electron chi connectivity index (χ2n) is 5.86. The summed E-state index contributed by atoms with van der Waals surface area (Å²) >= 11 is 0. The van der Waals surface area contributed by atoms with Crippen LogP contribution in [0, 0.1) is 5.92 Å². The van der Waals surface area contributed by atoms with E-state index in [2.05, 4.69) is 34.5 Å². The van der Waals surface area contributed by atoms with Crippen LogP contribution in [0.1, 0.15) is 23.6 Å². The SMILES string of the molecule is O=C(O)C1CNC(c2ccc(CN3CCOCC3)cc2)C1. The van der Waals surface area contributed by atoms with Gasteiger partial charge in [-0.15, -0.1) is 0 Å². The van der Waals surface area contributed by atoms with E-state index in [-0.39, 0.29) is 12.0 Å². The van der Waals surface area contributed by atoms with Gasteiger partial charge >= 0.3 is 5.97 Å². The number of hydrogen-bond acceptors (Lipinski definition) is 4. The number of carboxylic acids is 1. The molecule has 0 bridgehead atoms. The summed E-state index contributed by atoms with van der Waals surface area (Å²) in [5, 5.41) is 12.3. The molecule has 2 heterocycles. The fraction of sp³-hybridized carbons (Fsp3) is 0.562. The fourth-order valence-electron chi connectivity index (χ4n) is 3.05. The first-order valence-electron chi connectivity index (χ1n) is 7.57. The van der Waals surface area contributed by atoms with Crippen molar-refractivity contribution in [1.29, 1.82) is 0 Å². The molecule has 3 rings (SSSR count). The Kier molecular flexibility index (Phi) is 4.53. The fourth-order valence-corrected chi connectivity index (χ4v) is 3.05. The molecule has 21 heavy (non-hydrogen) atoms. The molecular weight excluding hydrogens is 268 g/mol. The van der Waals surface area contributed by atoms with E-state index in [4.69, 9.17) is 9.84 Å². The summed E-state index contributed by atoms with van der Waals surface area (Å²) in [7, 11) is 0. The Morgan fingerprint density at radius 2 is 2.00 bits per heavy atom. The number of nitrogens with one attached hydrogen (secondary N) is 1. The second-order valence-corrected chi connectivity index (χ2v) is 5.86. The monoisotopic (exact) mass is 290 g/mol. The molecule has 1 aromatic carbocycles. The highest BCUT2D eigenvalue weighted by atomic mass is 16.5.